The molecule has 2 saturated carbocycles. The minimum absolute atomic E-state index is 0.127. The summed E-state index contributed by atoms with van der Waals surface area (Å²) in [6.45, 7) is 6.00. The number of rotatable bonds is 6. The second kappa shape index (κ2) is 7.21. The number of carbonyl (C=O) groups is 1. The van der Waals surface area contributed by atoms with Crippen LogP contribution in [-0.2, 0) is 20.7 Å². The van der Waals surface area contributed by atoms with Gasteiger partial charge in [-0.2, -0.15) is 0 Å². The van der Waals surface area contributed by atoms with Gasteiger partial charge in [0, 0.05) is 26.2 Å². The van der Waals surface area contributed by atoms with E-state index in [4.69, 9.17) is 9.47 Å². The first-order valence-electron chi connectivity index (χ1n) is 10.4. The van der Waals surface area contributed by atoms with Gasteiger partial charge >= 0.3 is 0 Å². The minimum atomic E-state index is 0.127. The molecule has 3 fully saturated rings. The SMILES string of the molecule is COCCC(=O)N[C@@H]1C(C)(C)[C@@H]2C[C@@H]3[C@@H](Cc4ccccc4)OCC[C@@]31C2. The van der Waals surface area contributed by atoms with Crippen LogP contribution in [0.1, 0.15) is 45.1 Å². The van der Waals surface area contributed by atoms with E-state index >= 15 is 0 Å². The van der Waals surface area contributed by atoms with Gasteiger partial charge in [-0.15, -0.1) is 0 Å². The van der Waals surface area contributed by atoms with E-state index in [1.54, 1.807) is 7.11 Å². The first-order chi connectivity index (χ1) is 13.0. The van der Waals surface area contributed by atoms with Gasteiger partial charge in [0.1, 0.15) is 0 Å². The molecule has 4 nitrogen and oxygen atoms in total. The van der Waals surface area contributed by atoms with Crippen molar-refractivity contribution < 1.29 is 14.3 Å². The Morgan fingerprint density at radius 2 is 2.07 bits per heavy atom. The Hall–Kier alpha value is -1.39. The Bertz CT molecular complexity index is 673. The summed E-state index contributed by atoms with van der Waals surface area (Å²) in [6, 6.07) is 10.9. The van der Waals surface area contributed by atoms with Crippen molar-refractivity contribution in [3.8, 4) is 0 Å². The van der Waals surface area contributed by atoms with Gasteiger partial charge in [-0.25, -0.2) is 0 Å². The molecule has 1 aliphatic heterocycles. The summed E-state index contributed by atoms with van der Waals surface area (Å²) < 4.78 is 11.4. The first-order valence-corrected chi connectivity index (χ1v) is 10.4. The highest BCUT2D eigenvalue weighted by Crippen LogP contribution is 2.68. The first kappa shape index (κ1) is 18.9. The fourth-order valence-corrected chi connectivity index (χ4v) is 6.39. The van der Waals surface area contributed by atoms with Crippen molar-refractivity contribution in [2.75, 3.05) is 20.3 Å². The molecule has 1 aromatic carbocycles. The lowest BCUT2D eigenvalue weighted by atomic mass is 9.59. The second-order valence-electron chi connectivity index (χ2n) is 9.39. The average molecular weight is 372 g/mol. The number of carbonyl (C=O) groups excluding carboxylic acids is 1. The van der Waals surface area contributed by atoms with Gasteiger partial charge in [0.05, 0.1) is 12.7 Å². The summed E-state index contributed by atoms with van der Waals surface area (Å²) in [4.78, 5) is 12.5. The van der Waals surface area contributed by atoms with Gasteiger partial charge in [0.15, 0.2) is 0 Å². The second-order valence-corrected chi connectivity index (χ2v) is 9.39. The van der Waals surface area contributed by atoms with E-state index in [-0.39, 0.29) is 28.9 Å². The molecule has 1 N–H and O–H groups in total. The minimum Gasteiger partial charge on any atom is -0.384 e. The molecule has 1 saturated heterocycles. The fourth-order valence-electron chi connectivity index (χ4n) is 6.39. The lowest BCUT2D eigenvalue weighted by molar-refractivity contribution is -0.136. The largest absolute Gasteiger partial charge is 0.384 e. The molecule has 1 spiro atoms. The molecule has 5 atom stereocenters. The van der Waals surface area contributed by atoms with Crippen LogP contribution in [0.3, 0.4) is 0 Å². The maximum absolute atomic E-state index is 12.5. The predicted octanol–water partition coefficient (Wildman–Crippen LogP) is 3.59. The molecule has 1 heterocycles. The van der Waals surface area contributed by atoms with Gasteiger partial charge < -0.3 is 14.8 Å². The fraction of sp³-hybridized carbons (Fsp3) is 0.696. The molecule has 1 amide bonds. The molecule has 4 heteroatoms. The molecule has 0 unspecified atom stereocenters. The Labute approximate surface area is 163 Å². The number of benzene rings is 1. The molecule has 0 radical (unpaired) electrons. The van der Waals surface area contributed by atoms with Crippen molar-refractivity contribution in [3.63, 3.8) is 0 Å². The lowest BCUT2D eigenvalue weighted by Gasteiger charge is -2.53. The van der Waals surface area contributed by atoms with Crippen LogP contribution in [0.25, 0.3) is 0 Å². The van der Waals surface area contributed by atoms with Gasteiger partial charge in [0.25, 0.3) is 0 Å². The van der Waals surface area contributed by atoms with Gasteiger partial charge in [0.2, 0.25) is 5.91 Å². The third-order valence-electron chi connectivity index (χ3n) is 7.74. The standard InChI is InChI=1S/C23H33NO3/c1-22(2)17-14-18-19(13-16-7-5-4-6-8-16)27-12-10-23(18,15-17)21(22)24-20(25)9-11-26-3/h4-8,17-19,21H,9-15H2,1-3H3,(H,24,25)/t17-,18-,19-,21-,23-/m1/s1. The number of amides is 1. The summed E-state index contributed by atoms with van der Waals surface area (Å²) in [6.07, 6.45) is 5.21. The normalized spacial score (nSPS) is 36.4. The van der Waals surface area contributed by atoms with Crippen molar-refractivity contribution in [2.45, 2.75) is 58.1 Å². The Balaban J connectivity index is 1.56. The van der Waals surface area contributed by atoms with E-state index in [0.717, 1.165) is 19.4 Å². The zero-order valence-corrected chi connectivity index (χ0v) is 16.9. The van der Waals surface area contributed by atoms with Crippen molar-refractivity contribution in [2.24, 2.45) is 22.7 Å². The summed E-state index contributed by atoms with van der Waals surface area (Å²) in [5.41, 5.74) is 1.69. The maximum atomic E-state index is 12.5. The predicted molar refractivity (Wildman–Crippen MR) is 105 cm³/mol. The molecule has 1 aromatic rings. The quantitative estimate of drug-likeness (QED) is 0.831. The molecule has 2 bridgehead atoms. The third kappa shape index (κ3) is 3.21. The van der Waals surface area contributed by atoms with Crippen LogP contribution < -0.4 is 5.32 Å². The number of hydrogen-bond acceptors (Lipinski definition) is 3. The molecule has 0 aromatic heterocycles. The number of nitrogens with one attached hydrogen (secondary N) is 1. The van der Waals surface area contributed by atoms with Crippen LogP contribution >= 0.6 is 0 Å². The van der Waals surface area contributed by atoms with E-state index in [9.17, 15) is 4.79 Å². The highest BCUT2D eigenvalue weighted by atomic mass is 16.5. The summed E-state index contributed by atoms with van der Waals surface area (Å²) in [5.74, 6) is 1.33. The Morgan fingerprint density at radius 1 is 1.30 bits per heavy atom. The topological polar surface area (TPSA) is 47.6 Å². The van der Waals surface area contributed by atoms with Crippen LogP contribution in [-0.4, -0.2) is 38.4 Å². The Kier molecular flexibility index (Phi) is 5.06. The molecule has 3 aliphatic rings. The van der Waals surface area contributed by atoms with E-state index in [0.29, 0.717) is 24.9 Å². The zero-order chi connectivity index (χ0) is 19.1. The molecular weight excluding hydrogens is 338 g/mol. The molecule has 2 aliphatic carbocycles. The number of methoxy groups -OCH3 is 1. The monoisotopic (exact) mass is 371 g/mol. The van der Waals surface area contributed by atoms with Crippen molar-refractivity contribution in [3.05, 3.63) is 35.9 Å². The van der Waals surface area contributed by atoms with E-state index in [1.165, 1.54) is 18.4 Å². The highest BCUT2D eigenvalue weighted by molar-refractivity contribution is 5.76. The van der Waals surface area contributed by atoms with E-state index in [1.807, 2.05) is 0 Å². The third-order valence-corrected chi connectivity index (χ3v) is 7.74. The Morgan fingerprint density at radius 3 is 2.81 bits per heavy atom. The summed E-state index contributed by atoms with van der Waals surface area (Å²) in [7, 11) is 1.65. The zero-order valence-electron chi connectivity index (χ0n) is 16.9. The smallest absolute Gasteiger partial charge is 0.222 e. The summed E-state index contributed by atoms with van der Waals surface area (Å²) >= 11 is 0. The molecular formula is C23H33NO3. The van der Waals surface area contributed by atoms with Gasteiger partial charge in [-0.05, 0) is 53.9 Å². The summed E-state index contributed by atoms with van der Waals surface area (Å²) in [5, 5.41) is 3.44. The van der Waals surface area contributed by atoms with Crippen molar-refractivity contribution in [1.29, 1.82) is 0 Å². The van der Waals surface area contributed by atoms with Crippen molar-refractivity contribution >= 4 is 5.91 Å². The number of fused-ring (bicyclic) bond motifs is 1. The molecule has 4 rings (SSSR count). The van der Waals surface area contributed by atoms with Gasteiger partial charge in [-0.1, -0.05) is 44.2 Å². The average Bonchev–Trinajstić information content (AvgIpc) is 3.15. The van der Waals surface area contributed by atoms with Crippen LogP contribution in [0.15, 0.2) is 30.3 Å². The van der Waals surface area contributed by atoms with E-state index < -0.39 is 0 Å². The van der Waals surface area contributed by atoms with Crippen LogP contribution in [0.5, 0.6) is 0 Å². The number of ether oxygens (including phenoxy) is 2. The van der Waals surface area contributed by atoms with Crippen molar-refractivity contribution in [1.82, 2.24) is 5.32 Å². The maximum Gasteiger partial charge on any atom is 0.222 e. The number of hydrogen-bond donors (Lipinski definition) is 1. The van der Waals surface area contributed by atoms with Crippen LogP contribution in [0.2, 0.25) is 0 Å². The van der Waals surface area contributed by atoms with Gasteiger partial charge in [-0.3, -0.25) is 4.79 Å². The van der Waals surface area contributed by atoms with E-state index in [2.05, 4.69) is 49.5 Å². The molecule has 148 valence electrons. The lowest BCUT2D eigenvalue weighted by Crippen LogP contribution is -2.60. The highest BCUT2D eigenvalue weighted by Gasteiger charge is 2.68. The van der Waals surface area contributed by atoms with Crippen LogP contribution in [0, 0.1) is 22.7 Å². The molecule has 27 heavy (non-hydrogen) atoms. The van der Waals surface area contributed by atoms with Crippen LogP contribution in [0.4, 0.5) is 0 Å².